The maximum Gasteiger partial charge on any atom is 0.344 e. The van der Waals surface area contributed by atoms with Gasteiger partial charge in [0.2, 0.25) is 10.0 Å². The lowest BCUT2D eigenvalue weighted by Gasteiger charge is -2.13. The number of carbonyl (C=O) groups is 1. The van der Waals surface area contributed by atoms with Crippen LogP contribution in [0.15, 0.2) is 47.4 Å². The van der Waals surface area contributed by atoms with Gasteiger partial charge in [-0.3, -0.25) is 0 Å². The second-order valence-electron chi connectivity index (χ2n) is 6.55. The van der Waals surface area contributed by atoms with Crippen LogP contribution in [0.1, 0.15) is 30.9 Å². The van der Waals surface area contributed by atoms with Gasteiger partial charge >= 0.3 is 5.97 Å². The number of ether oxygens (including phenoxy) is 3. The van der Waals surface area contributed by atoms with Crippen molar-refractivity contribution in [3.05, 3.63) is 53.6 Å². The lowest BCUT2D eigenvalue weighted by atomic mass is 10.0. The SMILES string of the molecule is Cc1ccc(C(C)C)cc1OCC(=O)OCCOc1ccc(S(N)(=O)=O)cc1. The van der Waals surface area contributed by atoms with E-state index in [2.05, 4.69) is 13.8 Å². The zero-order valence-electron chi connectivity index (χ0n) is 16.2. The van der Waals surface area contributed by atoms with Gasteiger partial charge in [-0.2, -0.15) is 0 Å². The first-order valence-electron chi connectivity index (χ1n) is 8.81. The summed E-state index contributed by atoms with van der Waals surface area (Å²) in [5.41, 5.74) is 2.08. The highest BCUT2D eigenvalue weighted by Crippen LogP contribution is 2.24. The fourth-order valence-corrected chi connectivity index (χ4v) is 2.87. The van der Waals surface area contributed by atoms with Crippen LogP contribution in [0.3, 0.4) is 0 Å². The van der Waals surface area contributed by atoms with E-state index in [0.717, 1.165) is 11.1 Å². The topological polar surface area (TPSA) is 105 Å². The van der Waals surface area contributed by atoms with Gasteiger partial charge in [0, 0.05) is 0 Å². The van der Waals surface area contributed by atoms with Crippen LogP contribution in [0.5, 0.6) is 11.5 Å². The van der Waals surface area contributed by atoms with Crippen molar-refractivity contribution in [1.82, 2.24) is 0 Å². The van der Waals surface area contributed by atoms with Gasteiger partial charge in [-0.1, -0.05) is 26.0 Å². The van der Waals surface area contributed by atoms with E-state index in [0.29, 0.717) is 17.4 Å². The van der Waals surface area contributed by atoms with Gasteiger partial charge in [0.15, 0.2) is 6.61 Å². The van der Waals surface area contributed by atoms with Crippen LogP contribution >= 0.6 is 0 Å². The van der Waals surface area contributed by atoms with Gasteiger partial charge in [0.25, 0.3) is 0 Å². The standard InChI is InChI=1S/C20H25NO6S/c1-14(2)16-5-4-15(3)19(12-16)27-13-20(22)26-11-10-25-17-6-8-18(9-7-17)28(21,23)24/h4-9,12,14H,10-11,13H2,1-3H3,(H2,21,23,24). The quantitative estimate of drug-likeness (QED) is 0.506. The molecule has 0 atom stereocenters. The highest BCUT2D eigenvalue weighted by Gasteiger charge is 2.09. The lowest BCUT2D eigenvalue weighted by Crippen LogP contribution is -2.18. The Hall–Kier alpha value is -2.58. The molecule has 0 aliphatic heterocycles. The van der Waals surface area contributed by atoms with Crippen molar-refractivity contribution < 1.29 is 27.4 Å². The number of benzene rings is 2. The zero-order chi connectivity index (χ0) is 20.7. The molecule has 0 spiro atoms. The maximum atomic E-state index is 11.8. The van der Waals surface area contributed by atoms with Gasteiger partial charge in [-0.25, -0.2) is 18.4 Å². The smallest absolute Gasteiger partial charge is 0.344 e. The van der Waals surface area contributed by atoms with Crippen LogP contribution in [-0.4, -0.2) is 34.2 Å². The summed E-state index contributed by atoms with van der Waals surface area (Å²) in [5.74, 6) is 0.976. The third-order valence-electron chi connectivity index (χ3n) is 3.99. The average Bonchev–Trinajstić information content (AvgIpc) is 2.64. The summed E-state index contributed by atoms with van der Waals surface area (Å²) in [7, 11) is -3.73. The number of rotatable bonds is 9. The summed E-state index contributed by atoms with van der Waals surface area (Å²) in [6.45, 7) is 6.08. The second-order valence-corrected chi connectivity index (χ2v) is 8.12. The van der Waals surface area contributed by atoms with Gasteiger partial charge in [0.1, 0.15) is 24.7 Å². The molecule has 2 aromatic carbocycles. The minimum Gasteiger partial charge on any atom is -0.490 e. The Bertz CT molecular complexity index is 907. The van der Waals surface area contributed by atoms with Crippen LogP contribution in [-0.2, 0) is 19.6 Å². The predicted molar refractivity (Wildman–Crippen MR) is 105 cm³/mol. The molecule has 0 saturated heterocycles. The van der Waals surface area contributed by atoms with Crippen molar-refractivity contribution in [3.8, 4) is 11.5 Å². The van der Waals surface area contributed by atoms with Crippen molar-refractivity contribution in [3.63, 3.8) is 0 Å². The van der Waals surface area contributed by atoms with Crippen LogP contribution < -0.4 is 14.6 Å². The van der Waals surface area contributed by atoms with Gasteiger partial charge in [-0.15, -0.1) is 0 Å². The summed E-state index contributed by atoms with van der Waals surface area (Å²) in [6, 6.07) is 11.6. The first-order chi connectivity index (χ1) is 13.2. The van der Waals surface area contributed by atoms with Crippen molar-refractivity contribution in [2.45, 2.75) is 31.6 Å². The number of sulfonamides is 1. The molecule has 0 aliphatic carbocycles. The first-order valence-corrected chi connectivity index (χ1v) is 10.4. The van der Waals surface area contributed by atoms with Crippen molar-refractivity contribution in [2.75, 3.05) is 19.8 Å². The highest BCUT2D eigenvalue weighted by atomic mass is 32.2. The number of esters is 1. The van der Waals surface area contributed by atoms with Gasteiger partial charge < -0.3 is 14.2 Å². The van der Waals surface area contributed by atoms with Crippen LogP contribution in [0.4, 0.5) is 0 Å². The molecule has 152 valence electrons. The molecule has 0 bridgehead atoms. The van der Waals surface area contributed by atoms with Crippen molar-refractivity contribution >= 4 is 16.0 Å². The first kappa shape index (κ1) is 21.7. The highest BCUT2D eigenvalue weighted by molar-refractivity contribution is 7.89. The summed E-state index contributed by atoms with van der Waals surface area (Å²) < 4.78 is 38.4. The number of nitrogens with two attached hydrogens (primary N) is 1. The Morgan fingerprint density at radius 2 is 1.71 bits per heavy atom. The molecule has 0 saturated carbocycles. The van der Waals surface area contributed by atoms with Crippen LogP contribution in [0.25, 0.3) is 0 Å². The van der Waals surface area contributed by atoms with E-state index in [9.17, 15) is 13.2 Å². The Morgan fingerprint density at radius 1 is 1.04 bits per heavy atom. The van der Waals surface area contributed by atoms with E-state index in [1.54, 1.807) is 0 Å². The minimum atomic E-state index is -3.73. The lowest BCUT2D eigenvalue weighted by molar-refractivity contribution is -0.146. The third kappa shape index (κ3) is 6.54. The molecule has 2 N–H and O–H groups in total. The molecular weight excluding hydrogens is 382 g/mol. The molecule has 2 rings (SSSR count). The van der Waals surface area contributed by atoms with Crippen LogP contribution in [0, 0.1) is 6.92 Å². The van der Waals surface area contributed by atoms with E-state index < -0.39 is 16.0 Å². The summed E-state index contributed by atoms with van der Waals surface area (Å²) >= 11 is 0. The average molecular weight is 407 g/mol. The molecule has 2 aromatic rings. The predicted octanol–water partition coefficient (Wildman–Crippen LogP) is 2.77. The maximum absolute atomic E-state index is 11.8. The van der Waals surface area contributed by atoms with E-state index in [1.807, 2.05) is 25.1 Å². The number of aryl methyl sites for hydroxylation is 1. The summed E-state index contributed by atoms with van der Waals surface area (Å²) in [6.07, 6.45) is 0. The molecule has 0 aliphatic rings. The fraction of sp³-hybridized carbons (Fsp3) is 0.350. The normalized spacial score (nSPS) is 11.3. The molecule has 7 nitrogen and oxygen atoms in total. The van der Waals surface area contributed by atoms with Gasteiger partial charge in [-0.05, 0) is 54.3 Å². The van der Waals surface area contributed by atoms with Gasteiger partial charge in [0.05, 0.1) is 4.90 Å². The third-order valence-corrected chi connectivity index (χ3v) is 4.92. The van der Waals surface area contributed by atoms with Crippen molar-refractivity contribution in [1.29, 1.82) is 0 Å². The Labute approximate surface area is 165 Å². The van der Waals surface area contributed by atoms with Crippen LogP contribution in [0.2, 0.25) is 0 Å². The van der Waals surface area contributed by atoms with E-state index in [-0.39, 0.29) is 24.7 Å². The molecule has 0 heterocycles. The second kappa shape index (κ2) is 9.57. The molecule has 0 radical (unpaired) electrons. The summed E-state index contributed by atoms with van der Waals surface area (Å²) in [4.78, 5) is 11.8. The Morgan fingerprint density at radius 3 is 2.32 bits per heavy atom. The van der Waals surface area contributed by atoms with Crippen molar-refractivity contribution in [2.24, 2.45) is 5.14 Å². The van der Waals surface area contributed by atoms with E-state index >= 15 is 0 Å². The molecule has 8 heteroatoms. The number of hydrogen-bond acceptors (Lipinski definition) is 6. The largest absolute Gasteiger partial charge is 0.490 e. The van der Waals surface area contributed by atoms with E-state index in [1.165, 1.54) is 24.3 Å². The molecule has 0 aromatic heterocycles. The zero-order valence-corrected chi connectivity index (χ0v) is 17.0. The Kier molecular flexibility index (Phi) is 7.42. The fourth-order valence-electron chi connectivity index (χ4n) is 2.35. The molecule has 28 heavy (non-hydrogen) atoms. The number of primary sulfonamides is 1. The number of carbonyl (C=O) groups excluding carboxylic acids is 1. The number of hydrogen-bond donors (Lipinski definition) is 1. The van der Waals surface area contributed by atoms with E-state index in [4.69, 9.17) is 19.3 Å². The molecule has 0 fully saturated rings. The summed E-state index contributed by atoms with van der Waals surface area (Å²) in [5, 5.41) is 5.03. The minimum absolute atomic E-state index is 0.000237. The molecule has 0 unspecified atom stereocenters. The monoisotopic (exact) mass is 407 g/mol. The molecular formula is C20H25NO6S. The molecule has 0 amide bonds. The Balaban J connectivity index is 1.74.